The Morgan fingerprint density at radius 3 is 2.71 bits per heavy atom. The molecule has 0 aliphatic heterocycles. The van der Waals surface area contributed by atoms with Gasteiger partial charge in [-0.05, 0) is 19.4 Å². The highest BCUT2D eigenvalue weighted by Crippen LogP contribution is 1.98. The Hall–Kier alpha value is -0.610. The predicted octanol–water partition coefficient (Wildman–Crippen LogP) is 0.466. The molecule has 0 saturated carbocycles. The van der Waals surface area contributed by atoms with Crippen molar-refractivity contribution in [3.63, 3.8) is 0 Å². The maximum Gasteiger partial charge on any atom is 0.224 e. The van der Waals surface area contributed by atoms with Crippen LogP contribution in [0.15, 0.2) is 0 Å². The lowest BCUT2D eigenvalue weighted by Crippen LogP contribution is -2.33. The van der Waals surface area contributed by atoms with Gasteiger partial charge < -0.3 is 15.4 Å². The number of nitrogens with zero attached hydrogens (tertiary/aromatic N) is 1. The average Bonchev–Trinajstić information content (AvgIpc) is 2.17. The first-order valence-corrected chi connectivity index (χ1v) is 5.13. The second-order valence-electron chi connectivity index (χ2n) is 3.56. The Balaban J connectivity index is 3.64. The Labute approximate surface area is 86.4 Å². The van der Waals surface area contributed by atoms with Gasteiger partial charge >= 0.3 is 0 Å². The van der Waals surface area contributed by atoms with Gasteiger partial charge in [0.05, 0.1) is 13.0 Å². The quantitative estimate of drug-likeness (QED) is 0.610. The molecule has 0 rings (SSSR count). The van der Waals surface area contributed by atoms with Crippen molar-refractivity contribution in [2.75, 3.05) is 33.4 Å². The molecule has 1 atom stereocenters. The molecule has 0 spiro atoms. The van der Waals surface area contributed by atoms with Gasteiger partial charge in [0.1, 0.15) is 0 Å². The van der Waals surface area contributed by atoms with E-state index >= 15 is 0 Å². The molecular weight excluding hydrogens is 180 g/mol. The summed E-state index contributed by atoms with van der Waals surface area (Å²) in [6, 6.07) is 0. The van der Waals surface area contributed by atoms with E-state index in [1.165, 1.54) is 0 Å². The summed E-state index contributed by atoms with van der Waals surface area (Å²) in [4.78, 5) is 13.2. The molecule has 0 aromatic rings. The summed E-state index contributed by atoms with van der Waals surface area (Å²) in [5.41, 5.74) is 5.48. The van der Waals surface area contributed by atoms with Crippen LogP contribution in [0.25, 0.3) is 0 Å². The van der Waals surface area contributed by atoms with Gasteiger partial charge in [-0.1, -0.05) is 6.92 Å². The lowest BCUT2D eigenvalue weighted by Gasteiger charge is -2.20. The Morgan fingerprint density at radius 2 is 2.21 bits per heavy atom. The van der Waals surface area contributed by atoms with Crippen LogP contribution in [0.5, 0.6) is 0 Å². The van der Waals surface area contributed by atoms with E-state index in [9.17, 15) is 4.79 Å². The van der Waals surface area contributed by atoms with Gasteiger partial charge in [-0.25, -0.2) is 0 Å². The summed E-state index contributed by atoms with van der Waals surface area (Å²) in [6.07, 6.45) is 0.460. The number of rotatable bonds is 7. The van der Waals surface area contributed by atoms with Gasteiger partial charge in [0.15, 0.2) is 0 Å². The first-order chi connectivity index (χ1) is 6.61. The van der Waals surface area contributed by atoms with E-state index in [-0.39, 0.29) is 5.91 Å². The van der Waals surface area contributed by atoms with Gasteiger partial charge in [-0.3, -0.25) is 4.79 Å². The molecule has 1 unspecified atom stereocenters. The van der Waals surface area contributed by atoms with E-state index in [0.717, 1.165) is 6.54 Å². The van der Waals surface area contributed by atoms with Crippen LogP contribution in [0.2, 0.25) is 0 Å². The molecule has 2 N–H and O–H groups in total. The summed E-state index contributed by atoms with van der Waals surface area (Å²) in [7, 11) is 1.81. The van der Waals surface area contributed by atoms with Crippen molar-refractivity contribution in [3.8, 4) is 0 Å². The minimum Gasteiger partial charge on any atom is -0.381 e. The number of nitrogens with two attached hydrogens (primary N) is 1. The lowest BCUT2D eigenvalue weighted by molar-refractivity contribution is -0.131. The average molecular weight is 202 g/mol. The van der Waals surface area contributed by atoms with Crippen LogP contribution < -0.4 is 5.73 Å². The summed E-state index contributed by atoms with van der Waals surface area (Å²) < 4.78 is 5.11. The number of carbonyl (C=O) groups is 1. The summed E-state index contributed by atoms with van der Waals surface area (Å²) in [5.74, 6) is 0.481. The van der Waals surface area contributed by atoms with E-state index in [0.29, 0.717) is 32.1 Å². The van der Waals surface area contributed by atoms with Gasteiger partial charge in [-0.15, -0.1) is 0 Å². The number of carbonyl (C=O) groups excluding carboxylic acids is 1. The third kappa shape index (κ3) is 5.94. The molecule has 0 aliphatic carbocycles. The second kappa shape index (κ2) is 7.76. The van der Waals surface area contributed by atoms with Crippen LogP contribution in [0.4, 0.5) is 0 Å². The molecule has 0 aromatic carbocycles. The van der Waals surface area contributed by atoms with Crippen LogP contribution >= 0.6 is 0 Å². The van der Waals surface area contributed by atoms with E-state index in [1.807, 2.05) is 13.8 Å². The first-order valence-electron chi connectivity index (χ1n) is 5.13. The maximum absolute atomic E-state index is 11.5. The standard InChI is InChI=1S/C10H22N2O2/c1-4-14-6-5-10(13)12(3)8-9(2)7-11/h9H,4-8,11H2,1-3H3. The normalized spacial score (nSPS) is 12.6. The predicted molar refractivity (Wildman–Crippen MR) is 57.0 cm³/mol. The number of amides is 1. The smallest absolute Gasteiger partial charge is 0.224 e. The fourth-order valence-corrected chi connectivity index (χ4v) is 1.14. The highest BCUT2D eigenvalue weighted by atomic mass is 16.5. The third-order valence-electron chi connectivity index (χ3n) is 2.08. The zero-order valence-corrected chi connectivity index (χ0v) is 9.45. The fourth-order valence-electron chi connectivity index (χ4n) is 1.14. The number of hydrogen-bond acceptors (Lipinski definition) is 3. The Kier molecular flexibility index (Phi) is 7.42. The molecule has 0 radical (unpaired) electrons. The summed E-state index contributed by atoms with van der Waals surface area (Å²) in [6.45, 7) is 6.47. The monoisotopic (exact) mass is 202 g/mol. The minimum atomic E-state index is 0.124. The minimum absolute atomic E-state index is 0.124. The van der Waals surface area contributed by atoms with Crippen LogP contribution in [0.1, 0.15) is 20.3 Å². The van der Waals surface area contributed by atoms with Crippen molar-refractivity contribution in [2.45, 2.75) is 20.3 Å². The van der Waals surface area contributed by atoms with Gasteiger partial charge in [0.2, 0.25) is 5.91 Å². The molecule has 0 saturated heterocycles. The van der Waals surface area contributed by atoms with Crippen molar-refractivity contribution < 1.29 is 9.53 Å². The van der Waals surface area contributed by atoms with Crippen molar-refractivity contribution in [3.05, 3.63) is 0 Å². The van der Waals surface area contributed by atoms with Crippen LogP contribution in [-0.4, -0.2) is 44.2 Å². The molecule has 0 heterocycles. The van der Waals surface area contributed by atoms with Crippen molar-refractivity contribution in [1.29, 1.82) is 0 Å². The molecule has 0 bridgehead atoms. The molecule has 0 aromatic heterocycles. The zero-order chi connectivity index (χ0) is 11.0. The molecule has 84 valence electrons. The third-order valence-corrected chi connectivity index (χ3v) is 2.08. The molecule has 4 nitrogen and oxygen atoms in total. The van der Waals surface area contributed by atoms with Gasteiger partial charge in [0, 0.05) is 20.2 Å². The molecule has 4 heteroatoms. The number of ether oxygens (including phenoxy) is 1. The molecule has 0 fully saturated rings. The SMILES string of the molecule is CCOCCC(=O)N(C)CC(C)CN. The van der Waals surface area contributed by atoms with Crippen LogP contribution in [0.3, 0.4) is 0 Å². The van der Waals surface area contributed by atoms with Crippen molar-refractivity contribution in [2.24, 2.45) is 11.7 Å². The van der Waals surface area contributed by atoms with E-state index in [4.69, 9.17) is 10.5 Å². The van der Waals surface area contributed by atoms with Crippen LogP contribution in [0, 0.1) is 5.92 Å². The zero-order valence-electron chi connectivity index (χ0n) is 9.45. The molecule has 0 aliphatic rings. The molecule has 14 heavy (non-hydrogen) atoms. The lowest BCUT2D eigenvalue weighted by atomic mass is 10.2. The Bertz CT molecular complexity index is 162. The summed E-state index contributed by atoms with van der Waals surface area (Å²) >= 11 is 0. The Morgan fingerprint density at radius 1 is 1.57 bits per heavy atom. The van der Waals surface area contributed by atoms with Crippen LogP contribution in [-0.2, 0) is 9.53 Å². The fraction of sp³-hybridized carbons (Fsp3) is 0.900. The van der Waals surface area contributed by atoms with E-state index in [2.05, 4.69) is 0 Å². The van der Waals surface area contributed by atoms with Gasteiger partial charge in [0.25, 0.3) is 0 Å². The van der Waals surface area contributed by atoms with E-state index in [1.54, 1.807) is 11.9 Å². The molecular formula is C10H22N2O2. The van der Waals surface area contributed by atoms with Gasteiger partial charge in [-0.2, -0.15) is 0 Å². The number of hydrogen-bond donors (Lipinski definition) is 1. The topological polar surface area (TPSA) is 55.6 Å². The van der Waals surface area contributed by atoms with Crippen molar-refractivity contribution in [1.82, 2.24) is 4.90 Å². The first kappa shape index (κ1) is 13.4. The maximum atomic E-state index is 11.5. The van der Waals surface area contributed by atoms with Crippen molar-refractivity contribution >= 4 is 5.91 Å². The largest absolute Gasteiger partial charge is 0.381 e. The second-order valence-corrected chi connectivity index (χ2v) is 3.56. The summed E-state index contributed by atoms with van der Waals surface area (Å²) in [5, 5.41) is 0. The van der Waals surface area contributed by atoms with E-state index < -0.39 is 0 Å². The molecule has 1 amide bonds. The highest BCUT2D eigenvalue weighted by Gasteiger charge is 2.10. The highest BCUT2D eigenvalue weighted by molar-refractivity contribution is 5.75.